The van der Waals surface area contributed by atoms with Gasteiger partial charge in [-0.05, 0) is 25.7 Å². The van der Waals surface area contributed by atoms with Crippen molar-refractivity contribution in [2.75, 3.05) is 26.2 Å². The van der Waals surface area contributed by atoms with Crippen molar-refractivity contribution in [2.45, 2.75) is 51.4 Å². The standard InChI is InChI=1S/C17H29NO6/c1-2-3-4-5-6-7-8-9-10-11-18(12-15(19)20,13-16(21)22)14-17(23)24/h2H,1,3-14H2,(H2-,19,20,21,22,23,24). The number of allylic oxidation sites excluding steroid dienone is 1. The average Bonchev–Trinajstić information content (AvgIpc) is 2.43. The maximum atomic E-state index is 11.0. The molecule has 7 nitrogen and oxygen atoms in total. The van der Waals surface area contributed by atoms with Gasteiger partial charge >= 0.3 is 11.9 Å². The SMILES string of the molecule is C=CCCCCCCCCC[N+](CC(=O)[O-])(CC(=O)O)CC(=O)O. The third kappa shape index (κ3) is 11.6. The highest BCUT2D eigenvalue weighted by molar-refractivity contribution is 5.72. The molecule has 0 rings (SSSR count). The molecule has 0 heterocycles. The van der Waals surface area contributed by atoms with Gasteiger partial charge in [-0.15, -0.1) is 6.58 Å². The van der Waals surface area contributed by atoms with E-state index < -0.39 is 42.0 Å². The quantitative estimate of drug-likeness (QED) is 0.246. The fourth-order valence-electron chi connectivity index (χ4n) is 2.87. The summed E-state index contributed by atoms with van der Waals surface area (Å²) >= 11 is 0. The third-order valence-electron chi connectivity index (χ3n) is 3.95. The van der Waals surface area contributed by atoms with E-state index in [1.165, 1.54) is 0 Å². The van der Waals surface area contributed by atoms with Crippen molar-refractivity contribution in [2.24, 2.45) is 0 Å². The lowest BCUT2D eigenvalue weighted by Gasteiger charge is -2.36. The van der Waals surface area contributed by atoms with Crippen LogP contribution in [0.15, 0.2) is 12.7 Å². The zero-order valence-corrected chi connectivity index (χ0v) is 14.2. The maximum absolute atomic E-state index is 11.0. The van der Waals surface area contributed by atoms with Crippen LogP contribution in [0.4, 0.5) is 0 Å². The van der Waals surface area contributed by atoms with E-state index in [0.29, 0.717) is 6.42 Å². The summed E-state index contributed by atoms with van der Waals surface area (Å²) in [6, 6.07) is 0. The van der Waals surface area contributed by atoms with Crippen LogP contribution in [0.3, 0.4) is 0 Å². The lowest BCUT2D eigenvalue weighted by Crippen LogP contribution is -2.59. The molecule has 0 spiro atoms. The molecule has 0 aromatic rings. The van der Waals surface area contributed by atoms with Crippen LogP contribution in [-0.2, 0) is 14.4 Å². The first-order valence-corrected chi connectivity index (χ1v) is 8.41. The van der Waals surface area contributed by atoms with E-state index in [4.69, 9.17) is 10.2 Å². The molecule has 0 fully saturated rings. The van der Waals surface area contributed by atoms with Gasteiger partial charge in [0.05, 0.1) is 12.5 Å². The Morgan fingerprint density at radius 3 is 1.71 bits per heavy atom. The number of carbonyl (C=O) groups is 3. The van der Waals surface area contributed by atoms with Gasteiger partial charge in [-0.1, -0.05) is 31.8 Å². The number of hydrogen-bond acceptors (Lipinski definition) is 4. The van der Waals surface area contributed by atoms with Gasteiger partial charge in [0.1, 0.15) is 6.54 Å². The molecule has 0 bridgehead atoms. The number of quaternary nitrogens is 1. The Labute approximate surface area is 143 Å². The second-order valence-corrected chi connectivity index (χ2v) is 6.25. The third-order valence-corrected chi connectivity index (χ3v) is 3.95. The molecule has 0 saturated heterocycles. The molecule has 0 radical (unpaired) electrons. The largest absolute Gasteiger partial charge is 0.544 e. The zero-order valence-electron chi connectivity index (χ0n) is 14.2. The summed E-state index contributed by atoms with van der Waals surface area (Å²) in [5.41, 5.74) is 0. The molecule has 0 aromatic carbocycles. The second-order valence-electron chi connectivity index (χ2n) is 6.25. The van der Waals surface area contributed by atoms with Crippen molar-refractivity contribution >= 4 is 17.9 Å². The molecule has 0 aliphatic rings. The predicted molar refractivity (Wildman–Crippen MR) is 87.1 cm³/mol. The lowest BCUT2D eigenvalue weighted by atomic mass is 10.1. The average molecular weight is 343 g/mol. The molecule has 0 saturated carbocycles. The Morgan fingerprint density at radius 2 is 1.29 bits per heavy atom. The molecule has 7 heteroatoms. The molecule has 0 amide bonds. The smallest absolute Gasteiger partial charge is 0.359 e. The normalized spacial score (nSPS) is 11.2. The van der Waals surface area contributed by atoms with Gasteiger partial charge in [0, 0.05) is 0 Å². The van der Waals surface area contributed by atoms with Crippen LogP contribution in [0, 0.1) is 0 Å². The van der Waals surface area contributed by atoms with Gasteiger partial charge in [0.25, 0.3) is 0 Å². The highest BCUT2D eigenvalue weighted by atomic mass is 16.4. The minimum Gasteiger partial charge on any atom is -0.544 e. The van der Waals surface area contributed by atoms with Crippen molar-refractivity contribution in [3.05, 3.63) is 12.7 Å². The summed E-state index contributed by atoms with van der Waals surface area (Å²) in [6.45, 7) is 2.23. The summed E-state index contributed by atoms with van der Waals surface area (Å²) in [4.78, 5) is 32.9. The van der Waals surface area contributed by atoms with Crippen LogP contribution in [-0.4, -0.2) is 58.8 Å². The molecule has 0 aliphatic carbocycles. The lowest BCUT2D eigenvalue weighted by molar-refractivity contribution is -0.909. The fourth-order valence-corrected chi connectivity index (χ4v) is 2.87. The molecule has 0 aromatic heterocycles. The highest BCUT2D eigenvalue weighted by Gasteiger charge is 2.33. The maximum Gasteiger partial charge on any atom is 0.359 e. The van der Waals surface area contributed by atoms with Crippen molar-refractivity contribution < 1.29 is 34.2 Å². The van der Waals surface area contributed by atoms with Gasteiger partial charge in [-0.2, -0.15) is 0 Å². The Bertz CT molecular complexity index is 381. The summed E-state index contributed by atoms with van der Waals surface area (Å²) in [6.07, 6.45) is 9.79. The van der Waals surface area contributed by atoms with E-state index in [9.17, 15) is 19.5 Å². The van der Waals surface area contributed by atoms with Crippen LogP contribution in [0.25, 0.3) is 0 Å². The minimum atomic E-state index is -1.43. The molecule has 0 unspecified atom stereocenters. The van der Waals surface area contributed by atoms with Gasteiger partial charge in [0.2, 0.25) is 0 Å². The first-order chi connectivity index (χ1) is 11.3. The van der Waals surface area contributed by atoms with Gasteiger partial charge in [-0.25, -0.2) is 9.59 Å². The summed E-state index contributed by atoms with van der Waals surface area (Å²) in [7, 11) is 0. The molecule has 24 heavy (non-hydrogen) atoms. The van der Waals surface area contributed by atoms with E-state index in [2.05, 4.69) is 6.58 Å². The second kappa shape index (κ2) is 12.5. The highest BCUT2D eigenvalue weighted by Crippen LogP contribution is 2.13. The summed E-state index contributed by atoms with van der Waals surface area (Å²) in [5, 5.41) is 28.9. The predicted octanol–water partition coefficient (Wildman–Crippen LogP) is 1.03. The Balaban J connectivity index is 4.33. The van der Waals surface area contributed by atoms with Crippen LogP contribution < -0.4 is 5.11 Å². The van der Waals surface area contributed by atoms with Crippen LogP contribution in [0.1, 0.15) is 51.4 Å². The first-order valence-electron chi connectivity index (χ1n) is 8.41. The summed E-state index contributed by atoms with van der Waals surface area (Å²) < 4.78 is -0.508. The van der Waals surface area contributed by atoms with Crippen molar-refractivity contribution in [3.63, 3.8) is 0 Å². The number of aliphatic carboxylic acids is 3. The monoisotopic (exact) mass is 343 g/mol. The van der Waals surface area contributed by atoms with E-state index >= 15 is 0 Å². The molecule has 0 aliphatic heterocycles. The van der Waals surface area contributed by atoms with Crippen LogP contribution >= 0.6 is 0 Å². The van der Waals surface area contributed by atoms with Crippen molar-refractivity contribution in [1.82, 2.24) is 0 Å². The summed E-state index contributed by atoms with van der Waals surface area (Å²) in [5.74, 6) is -3.85. The Morgan fingerprint density at radius 1 is 0.833 bits per heavy atom. The molecule has 2 N–H and O–H groups in total. The number of carboxylic acids is 3. The van der Waals surface area contributed by atoms with Crippen molar-refractivity contribution in [1.29, 1.82) is 0 Å². The topological polar surface area (TPSA) is 115 Å². The Kier molecular flexibility index (Phi) is 11.5. The van der Waals surface area contributed by atoms with Gasteiger partial charge < -0.3 is 24.6 Å². The van der Waals surface area contributed by atoms with E-state index in [-0.39, 0.29) is 6.54 Å². The van der Waals surface area contributed by atoms with Crippen LogP contribution in [0.2, 0.25) is 0 Å². The number of carbonyl (C=O) groups excluding carboxylic acids is 1. The number of rotatable bonds is 16. The minimum absolute atomic E-state index is 0.211. The fraction of sp³-hybridized carbons (Fsp3) is 0.706. The number of hydrogen-bond donors (Lipinski definition) is 2. The first kappa shape index (κ1) is 22.1. The molecular weight excluding hydrogens is 314 g/mol. The molecular formula is C17H29NO6. The number of nitrogens with zero attached hydrogens (tertiary/aromatic N) is 1. The number of carboxylic acid groups (broad SMARTS) is 3. The van der Waals surface area contributed by atoms with E-state index in [1.54, 1.807) is 0 Å². The number of unbranched alkanes of at least 4 members (excludes halogenated alkanes) is 7. The van der Waals surface area contributed by atoms with E-state index in [1.807, 2.05) is 6.08 Å². The van der Waals surface area contributed by atoms with Crippen molar-refractivity contribution in [3.8, 4) is 0 Å². The van der Waals surface area contributed by atoms with E-state index in [0.717, 1.165) is 44.9 Å². The Hall–Kier alpha value is -1.89. The molecule has 138 valence electrons. The zero-order chi connectivity index (χ0) is 18.4. The van der Waals surface area contributed by atoms with Crippen LogP contribution in [0.5, 0.6) is 0 Å². The van der Waals surface area contributed by atoms with Gasteiger partial charge in [-0.3, -0.25) is 0 Å². The van der Waals surface area contributed by atoms with Gasteiger partial charge in [0.15, 0.2) is 13.1 Å². The molecule has 0 atom stereocenters.